The minimum absolute atomic E-state index is 0.320. The van der Waals surface area contributed by atoms with Crippen LogP contribution in [-0.2, 0) is 4.79 Å². The van der Waals surface area contributed by atoms with E-state index >= 15 is 0 Å². The van der Waals surface area contributed by atoms with Gasteiger partial charge in [-0.2, -0.15) is 0 Å². The minimum Gasteiger partial charge on any atom is -0.355 e. The summed E-state index contributed by atoms with van der Waals surface area (Å²) in [5.74, 6) is 0.882. The first-order valence-electron chi connectivity index (χ1n) is 4.66. The lowest BCUT2D eigenvalue weighted by atomic mass is 10.1. The van der Waals surface area contributed by atoms with E-state index in [2.05, 4.69) is 0 Å². The minimum atomic E-state index is 0.320. The van der Waals surface area contributed by atoms with Crippen LogP contribution in [0.4, 0.5) is 0 Å². The van der Waals surface area contributed by atoms with Gasteiger partial charge in [0.15, 0.2) is 0 Å². The average molecular weight is 208 g/mol. The molecule has 1 aromatic rings. The quantitative estimate of drug-likeness (QED) is 0.564. The Labute approximate surface area is 86.9 Å². The highest BCUT2D eigenvalue weighted by Gasteiger charge is 2.19. The van der Waals surface area contributed by atoms with Crippen LogP contribution in [0.1, 0.15) is 17.7 Å². The topological polar surface area (TPSA) is 44.2 Å². The number of nitrogens with zero attached hydrogens (tertiary/aromatic N) is 1. The predicted molar refractivity (Wildman–Crippen MR) is 57.0 cm³/mol. The lowest BCUT2D eigenvalue weighted by Crippen LogP contribution is -2.38. The molecule has 0 aromatic carbocycles. The van der Waals surface area contributed by atoms with Gasteiger partial charge in [-0.05, 0) is 11.4 Å². The van der Waals surface area contributed by atoms with Gasteiger partial charge >= 0.3 is 0 Å². The van der Waals surface area contributed by atoms with E-state index in [1.807, 2.05) is 22.4 Å². The van der Waals surface area contributed by atoms with Crippen LogP contribution in [0.3, 0.4) is 0 Å². The van der Waals surface area contributed by atoms with Gasteiger partial charge in [-0.15, -0.1) is 11.3 Å². The molecule has 0 saturated carbocycles. The third-order valence-electron chi connectivity index (χ3n) is 2.39. The van der Waals surface area contributed by atoms with Crippen molar-refractivity contribution in [3.8, 4) is 0 Å². The van der Waals surface area contributed by atoms with E-state index in [0.717, 1.165) is 4.88 Å². The lowest BCUT2D eigenvalue weighted by molar-refractivity contribution is -0.120. The van der Waals surface area contributed by atoms with Gasteiger partial charge in [0.2, 0.25) is 0 Å². The Bertz CT molecular complexity index is 335. The molecule has 0 aliphatic carbocycles. The number of thiophene rings is 1. The number of hydrogen-bond acceptors (Lipinski definition) is 3. The van der Waals surface area contributed by atoms with Gasteiger partial charge in [-0.25, -0.2) is 0 Å². The summed E-state index contributed by atoms with van der Waals surface area (Å²) in [5.41, 5.74) is 0. The molecule has 0 radical (unpaired) electrons. The van der Waals surface area contributed by atoms with E-state index in [1.165, 1.54) is 0 Å². The fourth-order valence-corrected chi connectivity index (χ4v) is 2.25. The third kappa shape index (κ3) is 1.85. The van der Waals surface area contributed by atoms with Crippen molar-refractivity contribution in [2.45, 2.75) is 12.8 Å². The van der Waals surface area contributed by atoms with Crippen LogP contribution < -0.4 is 0 Å². The predicted octanol–water partition coefficient (Wildman–Crippen LogP) is 1.74. The first-order chi connectivity index (χ1) is 6.77. The van der Waals surface area contributed by atoms with Crippen molar-refractivity contribution in [1.29, 1.82) is 5.41 Å². The maximum absolute atomic E-state index is 11.0. The van der Waals surface area contributed by atoms with E-state index in [9.17, 15) is 4.79 Å². The van der Waals surface area contributed by atoms with Crippen LogP contribution in [0.25, 0.3) is 0 Å². The maximum Gasteiger partial charge on any atom is 0.138 e. The van der Waals surface area contributed by atoms with E-state index in [0.29, 0.717) is 37.6 Å². The highest BCUT2D eigenvalue weighted by atomic mass is 32.1. The summed E-state index contributed by atoms with van der Waals surface area (Å²) in [6.45, 7) is 1.41. The van der Waals surface area contributed by atoms with E-state index in [1.54, 1.807) is 11.3 Å². The van der Waals surface area contributed by atoms with Crippen LogP contribution >= 0.6 is 11.3 Å². The summed E-state index contributed by atoms with van der Waals surface area (Å²) >= 11 is 1.57. The maximum atomic E-state index is 11.0. The lowest BCUT2D eigenvalue weighted by Gasteiger charge is -2.27. The molecule has 1 saturated heterocycles. The van der Waals surface area contributed by atoms with E-state index in [-0.39, 0.29) is 0 Å². The highest BCUT2D eigenvalue weighted by molar-refractivity contribution is 7.12. The number of carbonyl (C=O) groups excluding carboxylic acids is 1. The van der Waals surface area contributed by atoms with E-state index in [4.69, 9.17) is 5.41 Å². The molecule has 0 unspecified atom stereocenters. The molecule has 4 heteroatoms. The van der Waals surface area contributed by atoms with Crippen molar-refractivity contribution in [2.24, 2.45) is 0 Å². The molecule has 0 bridgehead atoms. The molecule has 14 heavy (non-hydrogen) atoms. The van der Waals surface area contributed by atoms with Crippen molar-refractivity contribution < 1.29 is 4.79 Å². The standard InChI is InChI=1S/C10H12N2OS/c11-10(9-2-1-7-14-9)12-5-3-8(13)4-6-12/h1-2,7,11H,3-6H2. The summed E-state index contributed by atoms with van der Waals surface area (Å²) < 4.78 is 0. The number of rotatable bonds is 1. The molecule has 1 aromatic heterocycles. The second-order valence-electron chi connectivity index (χ2n) is 3.35. The zero-order chi connectivity index (χ0) is 9.97. The van der Waals surface area contributed by atoms with Crippen molar-refractivity contribution in [1.82, 2.24) is 4.90 Å². The number of nitrogens with one attached hydrogen (secondary N) is 1. The van der Waals surface area contributed by atoms with Crippen LogP contribution in [-0.4, -0.2) is 29.6 Å². The van der Waals surface area contributed by atoms with Crippen molar-refractivity contribution in [3.05, 3.63) is 22.4 Å². The molecule has 1 fully saturated rings. The molecule has 0 amide bonds. The van der Waals surface area contributed by atoms with Crippen LogP contribution in [0.5, 0.6) is 0 Å². The molecule has 1 aliphatic heterocycles. The summed E-state index contributed by atoms with van der Waals surface area (Å²) in [7, 11) is 0. The van der Waals surface area contributed by atoms with E-state index < -0.39 is 0 Å². The first-order valence-corrected chi connectivity index (χ1v) is 5.54. The van der Waals surface area contributed by atoms with Crippen molar-refractivity contribution in [2.75, 3.05) is 13.1 Å². The normalized spacial score (nSPS) is 17.1. The van der Waals surface area contributed by atoms with Crippen LogP contribution in [0, 0.1) is 5.41 Å². The zero-order valence-electron chi connectivity index (χ0n) is 7.82. The van der Waals surface area contributed by atoms with Crippen LogP contribution in [0.15, 0.2) is 17.5 Å². The summed E-state index contributed by atoms with van der Waals surface area (Å²) in [6.07, 6.45) is 1.18. The molecule has 74 valence electrons. The SMILES string of the molecule is N=C(c1cccs1)N1CCC(=O)CC1. The number of likely N-dealkylation sites (tertiary alicyclic amines) is 1. The highest BCUT2D eigenvalue weighted by Crippen LogP contribution is 2.15. The van der Waals surface area contributed by atoms with Gasteiger partial charge in [0, 0.05) is 25.9 Å². The molecule has 1 aliphatic rings. The summed E-state index contributed by atoms with van der Waals surface area (Å²) in [4.78, 5) is 14.0. The fraction of sp³-hybridized carbons (Fsp3) is 0.400. The molecule has 2 rings (SSSR count). The number of ketones is 1. The van der Waals surface area contributed by atoms with Gasteiger partial charge in [0.25, 0.3) is 0 Å². The molecule has 1 N–H and O–H groups in total. The Morgan fingerprint density at radius 2 is 2.14 bits per heavy atom. The molecule has 0 spiro atoms. The number of amidine groups is 1. The summed E-state index contributed by atoms with van der Waals surface area (Å²) in [5, 5.41) is 9.90. The van der Waals surface area contributed by atoms with Gasteiger partial charge in [-0.1, -0.05) is 6.07 Å². The Hall–Kier alpha value is -1.16. The molecule has 2 heterocycles. The smallest absolute Gasteiger partial charge is 0.138 e. The average Bonchev–Trinajstić information content (AvgIpc) is 2.71. The second kappa shape index (κ2) is 3.92. The van der Waals surface area contributed by atoms with Gasteiger partial charge in [-0.3, -0.25) is 10.2 Å². The number of Topliss-reactive ketones (excluding diaryl/α,β-unsaturated/α-hetero) is 1. The Kier molecular flexibility index (Phi) is 2.63. The Morgan fingerprint density at radius 3 is 2.71 bits per heavy atom. The number of hydrogen-bond donors (Lipinski definition) is 1. The van der Waals surface area contributed by atoms with Crippen molar-refractivity contribution >= 4 is 23.0 Å². The zero-order valence-corrected chi connectivity index (χ0v) is 8.64. The largest absolute Gasteiger partial charge is 0.355 e. The third-order valence-corrected chi connectivity index (χ3v) is 3.27. The molecule has 3 nitrogen and oxygen atoms in total. The number of carbonyl (C=O) groups is 1. The van der Waals surface area contributed by atoms with Gasteiger partial charge in [0.05, 0.1) is 4.88 Å². The monoisotopic (exact) mass is 208 g/mol. The Morgan fingerprint density at radius 1 is 1.43 bits per heavy atom. The van der Waals surface area contributed by atoms with Gasteiger partial charge < -0.3 is 4.90 Å². The van der Waals surface area contributed by atoms with Gasteiger partial charge in [0.1, 0.15) is 11.6 Å². The fourth-order valence-electron chi connectivity index (χ4n) is 1.55. The van der Waals surface area contributed by atoms with Crippen LogP contribution in [0.2, 0.25) is 0 Å². The summed E-state index contributed by atoms with van der Waals surface area (Å²) in [6, 6.07) is 3.90. The molecule has 0 atom stereocenters. The molecular formula is C10H12N2OS. The second-order valence-corrected chi connectivity index (χ2v) is 4.30. The van der Waals surface area contributed by atoms with Crippen molar-refractivity contribution in [3.63, 3.8) is 0 Å². The first kappa shape index (κ1) is 9.40. The molecular weight excluding hydrogens is 196 g/mol. The number of piperidine rings is 1. The Balaban J connectivity index is 2.03.